The summed E-state index contributed by atoms with van der Waals surface area (Å²) in [7, 11) is 1.62. The number of ketones is 1. The van der Waals surface area contributed by atoms with E-state index in [0.29, 0.717) is 0 Å². The molecule has 16 heavy (non-hydrogen) atoms. The molecule has 2 N–H and O–H groups in total. The topological polar surface area (TPSA) is 52.3 Å². The maximum Gasteiger partial charge on any atom is 0.179 e. The van der Waals surface area contributed by atoms with Crippen molar-refractivity contribution in [2.75, 3.05) is 7.11 Å². The molecule has 86 valence electrons. The first-order chi connectivity index (χ1) is 7.63. The molecule has 0 saturated carbocycles. The molecule has 1 aromatic rings. The smallest absolute Gasteiger partial charge is 0.179 e. The predicted octanol–water partition coefficient (Wildman–Crippen LogP) is 1.85. The third-order valence-electron chi connectivity index (χ3n) is 3.18. The number of Topliss-reactive ketones (excluding diaryl/α,β-unsaturated/α-hetero) is 1. The van der Waals surface area contributed by atoms with E-state index < -0.39 is 0 Å². The fourth-order valence-corrected chi connectivity index (χ4v) is 2.25. The molecule has 0 saturated heterocycles. The van der Waals surface area contributed by atoms with Crippen molar-refractivity contribution in [3.8, 4) is 5.75 Å². The third-order valence-corrected chi connectivity index (χ3v) is 3.18. The highest BCUT2D eigenvalue weighted by atomic mass is 16.5. The molecule has 0 radical (unpaired) electrons. The van der Waals surface area contributed by atoms with Crippen LogP contribution < -0.4 is 10.5 Å². The van der Waals surface area contributed by atoms with E-state index in [9.17, 15) is 4.79 Å². The normalized spacial score (nSPS) is 20.2. The largest absolute Gasteiger partial charge is 0.496 e. The second-order valence-electron chi connectivity index (χ2n) is 4.34. The molecule has 1 atom stereocenters. The zero-order valence-electron chi connectivity index (χ0n) is 9.75. The van der Waals surface area contributed by atoms with Gasteiger partial charge in [0.1, 0.15) is 5.75 Å². The second-order valence-corrected chi connectivity index (χ2v) is 4.34. The van der Waals surface area contributed by atoms with Crippen LogP contribution in [-0.2, 0) is 6.42 Å². The number of rotatable bonds is 1. The maximum absolute atomic E-state index is 12.0. The first kappa shape index (κ1) is 11.1. The molecular formula is C13H17NO2. The molecule has 0 aromatic heterocycles. The summed E-state index contributed by atoms with van der Waals surface area (Å²) in [6.07, 6.45) is 2.68. The summed E-state index contributed by atoms with van der Waals surface area (Å²) in [6.45, 7) is 1.99. The molecule has 0 amide bonds. The monoisotopic (exact) mass is 219 g/mol. The van der Waals surface area contributed by atoms with Gasteiger partial charge in [-0.2, -0.15) is 0 Å². The standard InChI is InChI=1S/C13H17NO2/c1-8-6-9-4-3-5-11(14)13(15)10(9)7-12(8)16-2/h6-7,11H,3-5,14H2,1-2H3. The Balaban J connectivity index is 2.53. The van der Waals surface area contributed by atoms with Crippen molar-refractivity contribution in [3.63, 3.8) is 0 Å². The van der Waals surface area contributed by atoms with Gasteiger partial charge >= 0.3 is 0 Å². The number of methoxy groups -OCH3 is 1. The molecule has 0 heterocycles. The average Bonchev–Trinajstić information content (AvgIpc) is 2.39. The van der Waals surface area contributed by atoms with Crippen LogP contribution in [0, 0.1) is 6.92 Å². The van der Waals surface area contributed by atoms with Crippen molar-refractivity contribution in [2.45, 2.75) is 32.2 Å². The van der Waals surface area contributed by atoms with E-state index in [2.05, 4.69) is 0 Å². The Kier molecular flexibility index (Phi) is 2.97. The number of fused-ring (bicyclic) bond motifs is 1. The van der Waals surface area contributed by atoms with E-state index in [1.807, 2.05) is 19.1 Å². The fourth-order valence-electron chi connectivity index (χ4n) is 2.25. The van der Waals surface area contributed by atoms with Gasteiger partial charge in [0.2, 0.25) is 0 Å². The lowest BCUT2D eigenvalue weighted by Crippen LogP contribution is -2.29. The van der Waals surface area contributed by atoms with Gasteiger partial charge < -0.3 is 10.5 Å². The number of hydrogen-bond donors (Lipinski definition) is 1. The van der Waals surface area contributed by atoms with Gasteiger partial charge in [-0.1, -0.05) is 6.07 Å². The molecule has 3 heteroatoms. The lowest BCUT2D eigenvalue weighted by molar-refractivity contribution is 0.0959. The minimum absolute atomic E-state index is 0.0470. The van der Waals surface area contributed by atoms with Crippen LogP contribution in [0.5, 0.6) is 5.75 Å². The summed E-state index contributed by atoms with van der Waals surface area (Å²) in [6, 6.07) is 3.52. The first-order valence-corrected chi connectivity index (χ1v) is 5.61. The van der Waals surface area contributed by atoms with Gasteiger partial charge in [0, 0.05) is 5.56 Å². The first-order valence-electron chi connectivity index (χ1n) is 5.61. The fraction of sp³-hybridized carbons (Fsp3) is 0.462. The van der Waals surface area contributed by atoms with Crippen LogP contribution in [0.15, 0.2) is 12.1 Å². The highest BCUT2D eigenvalue weighted by Crippen LogP contribution is 2.27. The van der Waals surface area contributed by atoms with Gasteiger partial charge in [-0.05, 0) is 43.4 Å². The molecule has 1 aliphatic rings. The molecule has 0 bridgehead atoms. The Labute approximate surface area is 95.6 Å². The zero-order chi connectivity index (χ0) is 11.7. The van der Waals surface area contributed by atoms with Gasteiger partial charge in [-0.3, -0.25) is 4.79 Å². The molecule has 2 rings (SSSR count). The summed E-state index contributed by atoms with van der Waals surface area (Å²) >= 11 is 0. The SMILES string of the molecule is COc1cc2c(cc1C)CCCC(N)C2=O. The third kappa shape index (κ3) is 1.83. The van der Waals surface area contributed by atoms with Gasteiger partial charge in [0.25, 0.3) is 0 Å². The Morgan fingerprint density at radius 3 is 2.88 bits per heavy atom. The molecule has 0 spiro atoms. The van der Waals surface area contributed by atoms with Crippen LogP contribution in [0.4, 0.5) is 0 Å². The Bertz CT molecular complexity index is 426. The van der Waals surface area contributed by atoms with Crippen molar-refractivity contribution < 1.29 is 9.53 Å². The minimum Gasteiger partial charge on any atom is -0.496 e. The van der Waals surface area contributed by atoms with E-state index in [0.717, 1.165) is 41.7 Å². The van der Waals surface area contributed by atoms with Gasteiger partial charge in [-0.25, -0.2) is 0 Å². The predicted molar refractivity (Wildman–Crippen MR) is 63.0 cm³/mol. The van der Waals surface area contributed by atoms with E-state index in [4.69, 9.17) is 10.5 Å². The van der Waals surface area contributed by atoms with Crippen LogP contribution in [-0.4, -0.2) is 18.9 Å². The number of carbonyl (C=O) groups excluding carboxylic acids is 1. The summed E-state index contributed by atoms with van der Waals surface area (Å²) < 4.78 is 5.24. The van der Waals surface area contributed by atoms with Crippen LogP contribution in [0.25, 0.3) is 0 Å². The number of hydrogen-bond acceptors (Lipinski definition) is 3. The Morgan fingerprint density at radius 2 is 2.19 bits per heavy atom. The summed E-state index contributed by atoms with van der Waals surface area (Å²) in [5.41, 5.74) is 8.76. The summed E-state index contributed by atoms with van der Waals surface area (Å²) in [5.74, 6) is 0.812. The minimum atomic E-state index is -0.353. The summed E-state index contributed by atoms with van der Waals surface area (Å²) in [4.78, 5) is 12.0. The number of ether oxygens (including phenoxy) is 1. The Hall–Kier alpha value is -1.35. The van der Waals surface area contributed by atoms with Crippen molar-refractivity contribution in [3.05, 3.63) is 28.8 Å². The Morgan fingerprint density at radius 1 is 1.44 bits per heavy atom. The van der Waals surface area contributed by atoms with Crippen LogP contribution in [0.2, 0.25) is 0 Å². The van der Waals surface area contributed by atoms with E-state index >= 15 is 0 Å². The van der Waals surface area contributed by atoms with Gasteiger partial charge in [0.15, 0.2) is 5.78 Å². The van der Waals surface area contributed by atoms with Crippen molar-refractivity contribution >= 4 is 5.78 Å². The summed E-state index contributed by atoms with van der Waals surface area (Å²) in [5, 5.41) is 0. The lowest BCUT2D eigenvalue weighted by Gasteiger charge is -2.11. The van der Waals surface area contributed by atoms with Crippen molar-refractivity contribution in [1.82, 2.24) is 0 Å². The number of benzene rings is 1. The number of nitrogens with two attached hydrogens (primary N) is 1. The molecule has 1 aromatic carbocycles. The second kappa shape index (κ2) is 4.26. The van der Waals surface area contributed by atoms with Crippen molar-refractivity contribution in [2.24, 2.45) is 5.73 Å². The molecule has 1 unspecified atom stereocenters. The lowest BCUT2D eigenvalue weighted by atomic mass is 9.98. The van der Waals surface area contributed by atoms with E-state index in [-0.39, 0.29) is 11.8 Å². The van der Waals surface area contributed by atoms with E-state index in [1.165, 1.54) is 0 Å². The average molecular weight is 219 g/mol. The van der Waals surface area contributed by atoms with Gasteiger partial charge in [-0.15, -0.1) is 0 Å². The van der Waals surface area contributed by atoms with Crippen LogP contribution in [0.3, 0.4) is 0 Å². The highest BCUT2D eigenvalue weighted by Gasteiger charge is 2.23. The van der Waals surface area contributed by atoms with E-state index in [1.54, 1.807) is 7.11 Å². The maximum atomic E-state index is 12.0. The quantitative estimate of drug-likeness (QED) is 0.733. The molecular weight excluding hydrogens is 202 g/mol. The molecule has 3 nitrogen and oxygen atoms in total. The molecule has 1 aliphatic carbocycles. The number of carbonyl (C=O) groups is 1. The molecule has 0 aliphatic heterocycles. The highest BCUT2D eigenvalue weighted by molar-refractivity contribution is 6.02. The molecule has 0 fully saturated rings. The van der Waals surface area contributed by atoms with Crippen molar-refractivity contribution in [1.29, 1.82) is 0 Å². The van der Waals surface area contributed by atoms with Crippen LogP contribution >= 0.6 is 0 Å². The van der Waals surface area contributed by atoms with Gasteiger partial charge in [0.05, 0.1) is 13.2 Å². The zero-order valence-corrected chi connectivity index (χ0v) is 9.75. The number of aryl methyl sites for hydroxylation is 2. The van der Waals surface area contributed by atoms with Crippen LogP contribution in [0.1, 0.15) is 34.3 Å².